The summed E-state index contributed by atoms with van der Waals surface area (Å²) in [6.07, 6.45) is 2.97. The second-order valence-electron chi connectivity index (χ2n) is 6.73. The predicted molar refractivity (Wildman–Crippen MR) is 106 cm³/mol. The molecule has 3 N–H and O–H groups in total. The number of fused-ring (bicyclic) bond motifs is 1. The van der Waals surface area contributed by atoms with E-state index in [0.29, 0.717) is 13.0 Å². The minimum Gasteiger partial charge on any atom is -0.386 e. The highest BCUT2D eigenvalue weighted by Crippen LogP contribution is 2.19. The van der Waals surface area contributed by atoms with Crippen molar-refractivity contribution in [2.24, 2.45) is 0 Å². The third-order valence-electron chi connectivity index (χ3n) is 4.75. The van der Waals surface area contributed by atoms with E-state index in [0.717, 1.165) is 16.5 Å². The van der Waals surface area contributed by atoms with Crippen molar-refractivity contribution in [2.45, 2.75) is 19.1 Å². The number of hydrogen-bond donors (Lipinski definition) is 3. The van der Waals surface area contributed by atoms with Gasteiger partial charge in [0.15, 0.2) is 5.69 Å². The van der Waals surface area contributed by atoms with E-state index in [2.05, 4.69) is 20.6 Å². The number of aromatic nitrogens is 4. The van der Waals surface area contributed by atoms with Gasteiger partial charge >= 0.3 is 0 Å². The van der Waals surface area contributed by atoms with Crippen molar-refractivity contribution in [3.63, 3.8) is 0 Å². The third-order valence-corrected chi connectivity index (χ3v) is 4.75. The van der Waals surface area contributed by atoms with E-state index >= 15 is 0 Å². The first-order valence-electron chi connectivity index (χ1n) is 9.27. The van der Waals surface area contributed by atoms with Crippen molar-refractivity contribution in [1.29, 1.82) is 0 Å². The van der Waals surface area contributed by atoms with Gasteiger partial charge in [-0.2, -0.15) is 0 Å². The van der Waals surface area contributed by atoms with Crippen molar-refractivity contribution >= 4 is 16.8 Å². The molecule has 8 heteroatoms. The van der Waals surface area contributed by atoms with Gasteiger partial charge in [-0.3, -0.25) is 4.79 Å². The number of carbonyl (C=O) groups excluding carboxylic acids is 1. The molecule has 1 atom stereocenters. The average molecular weight is 393 g/mol. The van der Waals surface area contributed by atoms with E-state index in [1.165, 1.54) is 23.0 Å². The second kappa shape index (κ2) is 8.24. The summed E-state index contributed by atoms with van der Waals surface area (Å²) in [6, 6.07) is 14.0. The Morgan fingerprint density at radius 1 is 1.21 bits per heavy atom. The zero-order chi connectivity index (χ0) is 20.2. The van der Waals surface area contributed by atoms with E-state index in [1.54, 1.807) is 12.1 Å². The number of nitrogens with zero attached hydrogens (tertiary/aromatic N) is 3. The lowest BCUT2D eigenvalue weighted by atomic mass is 10.1. The Balaban J connectivity index is 1.33. The Hall–Kier alpha value is -3.52. The minimum absolute atomic E-state index is 0.00342. The fourth-order valence-corrected chi connectivity index (χ4v) is 3.25. The molecule has 1 amide bonds. The SMILES string of the molecule is O=C(NCCc1c[nH]c2ccccc12)c1cn(CC(O)c2ccccc2F)nn1. The number of aliphatic hydroxyl groups excluding tert-OH is 1. The van der Waals surface area contributed by atoms with Crippen LogP contribution in [0.3, 0.4) is 0 Å². The van der Waals surface area contributed by atoms with Crippen LogP contribution >= 0.6 is 0 Å². The lowest BCUT2D eigenvalue weighted by molar-refractivity contribution is 0.0949. The Labute approximate surface area is 166 Å². The molecule has 0 fully saturated rings. The van der Waals surface area contributed by atoms with Crippen LogP contribution in [-0.2, 0) is 13.0 Å². The summed E-state index contributed by atoms with van der Waals surface area (Å²) >= 11 is 0. The van der Waals surface area contributed by atoms with Crippen LogP contribution in [0, 0.1) is 5.82 Å². The molecule has 2 aromatic heterocycles. The van der Waals surface area contributed by atoms with Gasteiger partial charge in [0.2, 0.25) is 0 Å². The highest BCUT2D eigenvalue weighted by Gasteiger charge is 2.16. The van der Waals surface area contributed by atoms with Gasteiger partial charge in [0, 0.05) is 29.2 Å². The standard InChI is InChI=1S/C21H20FN5O2/c22-17-7-3-1-6-16(17)20(28)13-27-12-19(25-26-27)21(29)23-10-9-14-11-24-18-8-4-2-5-15(14)18/h1-8,11-12,20,24,28H,9-10,13H2,(H,23,29). The molecule has 0 aliphatic heterocycles. The lowest BCUT2D eigenvalue weighted by Gasteiger charge is -2.11. The molecule has 0 bridgehead atoms. The maximum absolute atomic E-state index is 13.8. The van der Waals surface area contributed by atoms with E-state index in [-0.39, 0.29) is 23.7 Å². The molecular weight excluding hydrogens is 373 g/mol. The normalized spacial score (nSPS) is 12.2. The highest BCUT2D eigenvalue weighted by atomic mass is 19.1. The van der Waals surface area contributed by atoms with Crippen LogP contribution in [0.4, 0.5) is 4.39 Å². The van der Waals surface area contributed by atoms with Crippen molar-refractivity contribution in [3.05, 3.63) is 83.6 Å². The topological polar surface area (TPSA) is 95.8 Å². The van der Waals surface area contributed by atoms with E-state index in [1.807, 2.05) is 30.5 Å². The zero-order valence-electron chi connectivity index (χ0n) is 15.5. The van der Waals surface area contributed by atoms with Gasteiger partial charge in [0.05, 0.1) is 12.7 Å². The summed E-state index contributed by atoms with van der Waals surface area (Å²) in [6.45, 7) is 0.446. The molecule has 0 radical (unpaired) electrons. The number of hydrogen-bond acceptors (Lipinski definition) is 4. The van der Waals surface area contributed by atoms with E-state index in [9.17, 15) is 14.3 Å². The van der Waals surface area contributed by atoms with Crippen molar-refractivity contribution in [2.75, 3.05) is 6.54 Å². The molecule has 148 valence electrons. The quantitative estimate of drug-likeness (QED) is 0.450. The number of halogens is 1. The fraction of sp³-hybridized carbons (Fsp3) is 0.190. The smallest absolute Gasteiger partial charge is 0.273 e. The molecule has 1 unspecified atom stereocenters. The molecule has 4 rings (SSSR count). The maximum Gasteiger partial charge on any atom is 0.273 e. The summed E-state index contributed by atoms with van der Waals surface area (Å²) in [5.41, 5.74) is 2.50. The molecule has 0 aliphatic rings. The summed E-state index contributed by atoms with van der Waals surface area (Å²) in [7, 11) is 0. The predicted octanol–water partition coefficient (Wildman–Crippen LogP) is 2.60. The van der Waals surface area contributed by atoms with Crippen LogP contribution in [0.25, 0.3) is 10.9 Å². The van der Waals surface area contributed by atoms with Gasteiger partial charge in [-0.1, -0.05) is 41.6 Å². The fourth-order valence-electron chi connectivity index (χ4n) is 3.25. The molecule has 4 aromatic rings. The van der Waals surface area contributed by atoms with Gasteiger partial charge in [-0.25, -0.2) is 9.07 Å². The Morgan fingerprint density at radius 3 is 2.86 bits per heavy atom. The number of aliphatic hydroxyl groups is 1. The summed E-state index contributed by atoms with van der Waals surface area (Å²) in [4.78, 5) is 15.5. The Kier molecular flexibility index (Phi) is 5.35. The molecule has 0 saturated carbocycles. The number of carbonyl (C=O) groups is 1. The molecule has 2 aromatic carbocycles. The Morgan fingerprint density at radius 2 is 2.00 bits per heavy atom. The van der Waals surface area contributed by atoms with Gasteiger partial charge in [0.25, 0.3) is 5.91 Å². The minimum atomic E-state index is -1.09. The van der Waals surface area contributed by atoms with Crippen LogP contribution in [-0.4, -0.2) is 37.5 Å². The van der Waals surface area contributed by atoms with Crippen molar-refractivity contribution < 1.29 is 14.3 Å². The first-order valence-corrected chi connectivity index (χ1v) is 9.27. The van der Waals surface area contributed by atoms with Gasteiger partial charge in [-0.05, 0) is 24.1 Å². The first-order chi connectivity index (χ1) is 14.1. The van der Waals surface area contributed by atoms with Gasteiger partial charge in [-0.15, -0.1) is 5.10 Å². The molecule has 2 heterocycles. The lowest BCUT2D eigenvalue weighted by Crippen LogP contribution is -2.26. The van der Waals surface area contributed by atoms with E-state index < -0.39 is 11.9 Å². The summed E-state index contributed by atoms with van der Waals surface area (Å²) in [5.74, 6) is -0.841. The molecule has 0 spiro atoms. The van der Waals surface area contributed by atoms with Crippen LogP contribution in [0.15, 0.2) is 60.9 Å². The number of benzene rings is 2. The number of amides is 1. The van der Waals surface area contributed by atoms with Crippen LogP contribution in [0.5, 0.6) is 0 Å². The Bertz CT molecular complexity index is 1140. The monoisotopic (exact) mass is 393 g/mol. The molecule has 29 heavy (non-hydrogen) atoms. The number of aromatic amines is 1. The zero-order valence-corrected chi connectivity index (χ0v) is 15.5. The largest absolute Gasteiger partial charge is 0.386 e. The van der Waals surface area contributed by atoms with Gasteiger partial charge < -0.3 is 15.4 Å². The maximum atomic E-state index is 13.8. The third kappa shape index (κ3) is 4.17. The summed E-state index contributed by atoms with van der Waals surface area (Å²) in [5, 5.41) is 21.8. The molecular formula is C21H20FN5O2. The van der Waals surface area contributed by atoms with Crippen LogP contribution < -0.4 is 5.32 Å². The van der Waals surface area contributed by atoms with Crippen molar-refractivity contribution in [1.82, 2.24) is 25.3 Å². The molecule has 0 saturated heterocycles. The first kappa shape index (κ1) is 18.8. The number of rotatable bonds is 7. The molecule has 7 nitrogen and oxygen atoms in total. The van der Waals surface area contributed by atoms with E-state index in [4.69, 9.17) is 0 Å². The second-order valence-corrected chi connectivity index (χ2v) is 6.73. The van der Waals surface area contributed by atoms with Crippen LogP contribution in [0.2, 0.25) is 0 Å². The number of H-pyrrole nitrogens is 1. The highest BCUT2D eigenvalue weighted by molar-refractivity contribution is 5.91. The average Bonchev–Trinajstić information content (AvgIpc) is 3.36. The summed E-state index contributed by atoms with van der Waals surface area (Å²) < 4.78 is 15.1. The molecule has 0 aliphatic carbocycles. The number of nitrogens with one attached hydrogen (secondary N) is 2. The number of para-hydroxylation sites is 1. The van der Waals surface area contributed by atoms with Crippen molar-refractivity contribution in [3.8, 4) is 0 Å². The van der Waals surface area contributed by atoms with Gasteiger partial charge in [0.1, 0.15) is 11.9 Å². The van der Waals surface area contributed by atoms with Crippen LogP contribution in [0.1, 0.15) is 27.7 Å².